The summed E-state index contributed by atoms with van der Waals surface area (Å²) in [6.07, 6.45) is 0. The van der Waals surface area contributed by atoms with Gasteiger partial charge in [-0.1, -0.05) is 473 Å². The molecule has 26 aromatic rings. The van der Waals surface area contributed by atoms with Crippen molar-refractivity contribution in [3.63, 3.8) is 0 Å². The van der Waals surface area contributed by atoms with Gasteiger partial charge in [-0.15, -0.1) is 0 Å². The lowest BCUT2D eigenvalue weighted by atomic mass is 9.83. The van der Waals surface area contributed by atoms with Crippen LogP contribution < -0.4 is 0 Å². The zero-order valence-corrected chi connectivity index (χ0v) is 78.0. The molecule has 0 aliphatic carbocycles. The second-order valence-electron chi connectivity index (χ2n) is 36.9. The standard InChI is InChI=1S/C50H36.C48H32.C42H28/c1-33-28-48(34(2)27-47(33)42-31-40(35-15-5-3-6-16-35)30-41(32-42)36-17-7-4-8-18-36)50-45-23-13-11-21-43(45)49(44-22-12-14-24-46(44)50)39-26-25-37-19-9-10-20-38(37)29-39;1-3-14-33(15-4-1)40-30-41(34-16-5-2-6-17-34)32-42(31-40)37-20-13-21-38(29-37)47-43-22-9-11-24-45(43)48(46-25-12-10-23-44(46)47)39-27-26-35-18-7-8-19-36(35)28-39;1-3-12-29(13-4-1)31-16-11-17-35(27-31)41-37-18-7-9-20-39(37)42(40-21-10-8-19-38(40)41)36-25-24-33-26-32(22-23-34(33)28-36)30-14-5-2-6-15-30/h3-32H,1-2H3;1-32H;1-28H. The molecule has 0 atom stereocenters. The molecule has 0 heterocycles. The second kappa shape index (κ2) is 37.4. The minimum Gasteiger partial charge on any atom is -0.0622 e. The van der Waals surface area contributed by atoms with Crippen LogP contribution in [0.4, 0.5) is 0 Å². The Bertz CT molecular complexity index is 8930. The molecule has 0 saturated heterocycles. The lowest BCUT2D eigenvalue weighted by Crippen LogP contribution is -1.95. The average Bonchev–Trinajstić information content (AvgIpc) is 0.733. The maximum Gasteiger partial charge on any atom is -0.00236 e. The minimum absolute atomic E-state index is 1.20. The van der Waals surface area contributed by atoms with Gasteiger partial charge in [-0.2, -0.15) is 0 Å². The molecule has 0 bridgehead atoms. The van der Waals surface area contributed by atoms with Gasteiger partial charge in [0.2, 0.25) is 0 Å². The topological polar surface area (TPSA) is 0 Å². The van der Waals surface area contributed by atoms with Crippen molar-refractivity contribution in [3.05, 3.63) is 557 Å². The van der Waals surface area contributed by atoms with Gasteiger partial charge in [0.15, 0.2) is 0 Å². The molecule has 140 heavy (non-hydrogen) atoms. The summed E-state index contributed by atoms with van der Waals surface area (Å²) in [5, 5.41) is 22.8. The van der Waals surface area contributed by atoms with Crippen LogP contribution in [0.3, 0.4) is 0 Å². The Morgan fingerprint density at radius 3 is 0.571 bits per heavy atom. The maximum atomic E-state index is 2.42. The third-order valence-electron chi connectivity index (χ3n) is 28.3. The molecule has 0 aliphatic rings. The normalized spacial score (nSPS) is 11.4. The maximum absolute atomic E-state index is 2.42. The van der Waals surface area contributed by atoms with Crippen molar-refractivity contribution in [1.29, 1.82) is 0 Å². The highest BCUT2D eigenvalue weighted by atomic mass is 14.3. The largest absolute Gasteiger partial charge is 0.0622 e. The van der Waals surface area contributed by atoms with E-state index in [0.717, 1.165) is 0 Å². The third kappa shape index (κ3) is 16.4. The molecule has 0 aromatic heterocycles. The SMILES string of the molecule is Cc1cc(-c2c3ccccc3c(-c3ccc4ccccc4c3)c3ccccc23)c(C)cc1-c1cc(-c2ccccc2)cc(-c2ccccc2)c1.c1ccc(-c2cc(-c3ccccc3)cc(-c3cccc(-c4c5ccccc5c(-c5ccc6ccccc6c5)c5ccccc45)c3)c2)cc1.c1ccc(-c2cccc(-c3c4ccccc4c(-c4ccc5cc(-c6ccccc6)ccc5c4)c4ccccc34)c2)cc1. The van der Waals surface area contributed by atoms with Gasteiger partial charge in [0.1, 0.15) is 0 Å². The van der Waals surface area contributed by atoms with Crippen molar-refractivity contribution in [1.82, 2.24) is 0 Å². The van der Waals surface area contributed by atoms with Crippen molar-refractivity contribution in [2.75, 3.05) is 0 Å². The third-order valence-corrected chi connectivity index (χ3v) is 28.3. The zero-order valence-electron chi connectivity index (χ0n) is 78.0. The molecule has 26 aromatic carbocycles. The van der Waals surface area contributed by atoms with Crippen LogP contribution in [-0.4, -0.2) is 0 Å². The van der Waals surface area contributed by atoms with Gasteiger partial charge < -0.3 is 0 Å². The van der Waals surface area contributed by atoms with Gasteiger partial charge in [-0.3, -0.25) is 0 Å². The molecule has 0 N–H and O–H groups in total. The molecular weight excluding hydrogens is 1680 g/mol. The number of rotatable bonds is 14. The lowest BCUT2D eigenvalue weighted by molar-refractivity contribution is 1.39. The molecule has 0 nitrogen and oxygen atoms in total. The van der Waals surface area contributed by atoms with Gasteiger partial charge >= 0.3 is 0 Å². The predicted octanol–water partition coefficient (Wildman–Crippen LogP) is 39.4. The Balaban J connectivity index is 0.000000114. The number of fused-ring (bicyclic) bond motifs is 9. The smallest absolute Gasteiger partial charge is 0.00236 e. The fraction of sp³-hybridized carbons (Fsp3) is 0.0143. The van der Waals surface area contributed by atoms with E-state index in [9.17, 15) is 0 Å². The first-order valence-corrected chi connectivity index (χ1v) is 48.5. The minimum atomic E-state index is 1.20. The molecule has 0 amide bonds. The van der Waals surface area contributed by atoms with Crippen molar-refractivity contribution in [2.45, 2.75) is 13.8 Å². The second-order valence-corrected chi connectivity index (χ2v) is 36.9. The van der Waals surface area contributed by atoms with Gasteiger partial charge in [-0.25, -0.2) is 0 Å². The first kappa shape index (κ1) is 85.0. The quantitative estimate of drug-likeness (QED) is 0.0952. The number of hydrogen-bond acceptors (Lipinski definition) is 0. The summed E-state index contributed by atoms with van der Waals surface area (Å²) in [5.41, 5.74) is 37.4. The Morgan fingerprint density at radius 1 is 0.0929 bits per heavy atom. The van der Waals surface area contributed by atoms with E-state index in [-0.39, 0.29) is 0 Å². The van der Waals surface area contributed by atoms with Crippen molar-refractivity contribution < 1.29 is 0 Å². The number of benzene rings is 26. The number of aryl methyl sites for hydroxylation is 2. The summed E-state index contributed by atoms with van der Waals surface area (Å²) < 4.78 is 0. The molecule has 0 fully saturated rings. The van der Waals surface area contributed by atoms with E-state index in [1.54, 1.807) is 0 Å². The molecule has 0 aliphatic heterocycles. The monoisotopic (exact) mass is 1780 g/mol. The van der Waals surface area contributed by atoms with Crippen molar-refractivity contribution >= 4 is 97.0 Å². The highest BCUT2D eigenvalue weighted by Gasteiger charge is 2.24. The summed E-state index contributed by atoms with van der Waals surface area (Å²) in [6.45, 7) is 4.54. The van der Waals surface area contributed by atoms with E-state index in [2.05, 4.69) is 560 Å². The Hall–Kier alpha value is -17.9. The fourth-order valence-electron chi connectivity index (χ4n) is 21.6. The molecule has 0 saturated carbocycles. The fourth-order valence-corrected chi connectivity index (χ4v) is 21.6. The summed E-state index contributed by atoms with van der Waals surface area (Å²) in [4.78, 5) is 0. The van der Waals surface area contributed by atoms with Gasteiger partial charge in [-0.05, 0) is 350 Å². The summed E-state index contributed by atoms with van der Waals surface area (Å²) >= 11 is 0. The van der Waals surface area contributed by atoms with Crippen molar-refractivity contribution in [2.24, 2.45) is 0 Å². The van der Waals surface area contributed by atoms with Crippen LogP contribution in [-0.2, 0) is 0 Å². The highest BCUT2D eigenvalue weighted by Crippen LogP contribution is 2.51. The van der Waals surface area contributed by atoms with E-state index in [1.807, 2.05) is 0 Å². The predicted molar refractivity (Wildman–Crippen MR) is 602 cm³/mol. The van der Waals surface area contributed by atoms with Crippen LogP contribution in [0.5, 0.6) is 0 Å². The lowest BCUT2D eigenvalue weighted by Gasteiger charge is -2.20. The van der Waals surface area contributed by atoms with Crippen LogP contribution in [0, 0.1) is 13.8 Å². The molecule has 656 valence electrons. The Labute approximate surface area is 817 Å². The average molecular weight is 1780 g/mol. The Kier molecular flexibility index (Phi) is 22.7. The Morgan fingerprint density at radius 2 is 0.264 bits per heavy atom. The molecular formula is C140H96. The van der Waals surface area contributed by atoms with Gasteiger partial charge in [0, 0.05) is 0 Å². The van der Waals surface area contributed by atoms with E-state index in [0.29, 0.717) is 0 Å². The van der Waals surface area contributed by atoms with Crippen LogP contribution >= 0.6 is 0 Å². The summed E-state index contributed by atoms with van der Waals surface area (Å²) in [7, 11) is 0. The summed E-state index contributed by atoms with van der Waals surface area (Å²) in [5.74, 6) is 0. The molecule has 0 unspecified atom stereocenters. The van der Waals surface area contributed by atoms with Crippen LogP contribution in [0.2, 0.25) is 0 Å². The van der Waals surface area contributed by atoms with Gasteiger partial charge in [0.25, 0.3) is 0 Å². The van der Waals surface area contributed by atoms with E-state index in [4.69, 9.17) is 0 Å². The molecule has 0 heteroatoms. The first-order valence-electron chi connectivity index (χ1n) is 48.5. The van der Waals surface area contributed by atoms with Gasteiger partial charge in [0.05, 0.1) is 0 Å². The van der Waals surface area contributed by atoms with E-state index in [1.165, 1.54) is 264 Å². The van der Waals surface area contributed by atoms with Crippen molar-refractivity contribution in [3.8, 4) is 156 Å². The molecule has 0 spiro atoms. The van der Waals surface area contributed by atoms with E-state index < -0.39 is 0 Å². The first-order chi connectivity index (χ1) is 69.2. The zero-order chi connectivity index (χ0) is 93.4. The summed E-state index contributed by atoms with van der Waals surface area (Å²) in [6, 6.07) is 199. The van der Waals surface area contributed by atoms with Crippen LogP contribution in [0.15, 0.2) is 546 Å². The van der Waals surface area contributed by atoms with E-state index >= 15 is 0 Å². The number of hydrogen-bond donors (Lipinski definition) is 0. The molecule has 0 radical (unpaired) electrons. The van der Waals surface area contributed by atoms with Crippen LogP contribution in [0.1, 0.15) is 11.1 Å². The highest BCUT2D eigenvalue weighted by molar-refractivity contribution is 6.25. The van der Waals surface area contributed by atoms with Crippen LogP contribution in [0.25, 0.3) is 253 Å². The molecule has 26 rings (SSSR count).